The number of hydrogen-bond donors (Lipinski definition) is 2. The van der Waals surface area contributed by atoms with Gasteiger partial charge in [-0.2, -0.15) is 4.72 Å². The van der Waals surface area contributed by atoms with Gasteiger partial charge in [0.05, 0.1) is 10.9 Å². The first-order chi connectivity index (χ1) is 15.0. The molecule has 1 aromatic heterocycles. The molecule has 31 heavy (non-hydrogen) atoms. The molecule has 0 radical (unpaired) electrons. The third-order valence-corrected chi connectivity index (χ3v) is 7.11. The van der Waals surface area contributed by atoms with E-state index in [1.54, 1.807) is 12.1 Å². The maximum Gasteiger partial charge on any atom is 0.241 e. The number of hydrogen-bond acceptors (Lipinski definition) is 2. The van der Waals surface area contributed by atoms with Crippen LogP contribution in [0.25, 0.3) is 21.7 Å². The number of sulfonamides is 1. The van der Waals surface area contributed by atoms with Crippen LogP contribution < -0.4 is 4.72 Å². The molecule has 0 amide bonds. The molecule has 1 heterocycles. The van der Waals surface area contributed by atoms with E-state index < -0.39 is 16.1 Å². The summed E-state index contributed by atoms with van der Waals surface area (Å²) >= 11 is 0. The zero-order valence-electron chi connectivity index (χ0n) is 17.0. The van der Waals surface area contributed by atoms with Crippen LogP contribution in [-0.4, -0.2) is 13.4 Å². The monoisotopic (exact) mass is 426 g/mol. The smallest absolute Gasteiger partial charge is 0.241 e. The van der Waals surface area contributed by atoms with Gasteiger partial charge in [0.2, 0.25) is 10.0 Å². The van der Waals surface area contributed by atoms with Gasteiger partial charge in [-0.25, -0.2) is 8.42 Å². The topological polar surface area (TPSA) is 62.0 Å². The standard InChI is InChI=1S/C26H22N2O2S/c1-18-13-15-20(16-14-18)31(29,30)28-26(24-17-27-25-12-5-4-10-22(24)25)23-11-6-8-19-7-2-3-9-21(19)23/h2-17,26-28H,1H3. The molecule has 5 heteroatoms. The van der Waals surface area contributed by atoms with Crippen LogP contribution in [0.5, 0.6) is 0 Å². The highest BCUT2D eigenvalue weighted by Gasteiger charge is 2.26. The lowest BCUT2D eigenvalue weighted by Crippen LogP contribution is -2.29. The predicted molar refractivity (Wildman–Crippen MR) is 126 cm³/mol. The van der Waals surface area contributed by atoms with Gasteiger partial charge >= 0.3 is 0 Å². The average molecular weight is 427 g/mol. The molecule has 0 aliphatic carbocycles. The molecule has 4 nitrogen and oxygen atoms in total. The summed E-state index contributed by atoms with van der Waals surface area (Å²) < 4.78 is 29.7. The van der Waals surface area contributed by atoms with Crippen molar-refractivity contribution in [2.75, 3.05) is 0 Å². The van der Waals surface area contributed by atoms with E-state index in [-0.39, 0.29) is 4.90 Å². The average Bonchev–Trinajstić information content (AvgIpc) is 3.21. The van der Waals surface area contributed by atoms with Crippen LogP contribution in [0.1, 0.15) is 22.7 Å². The van der Waals surface area contributed by atoms with Crippen LogP contribution >= 0.6 is 0 Å². The fourth-order valence-corrected chi connectivity index (χ4v) is 5.26. The molecule has 154 valence electrons. The minimum absolute atomic E-state index is 0.253. The number of aromatic amines is 1. The van der Waals surface area contributed by atoms with Crippen molar-refractivity contribution in [3.8, 4) is 0 Å². The second kappa shape index (κ2) is 7.69. The quantitative estimate of drug-likeness (QED) is 0.379. The highest BCUT2D eigenvalue weighted by atomic mass is 32.2. The van der Waals surface area contributed by atoms with Crippen molar-refractivity contribution in [1.29, 1.82) is 0 Å². The Kier molecular flexibility index (Phi) is 4.85. The third-order valence-electron chi connectivity index (χ3n) is 5.67. The van der Waals surface area contributed by atoms with Crippen LogP contribution in [0.4, 0.5) is 0 Å². The molecule has 5 aromatic rings. The molecular weight excluding hydrogens is 404 g/mol. The lowest BCUT2D eigenvalue weighted by atomic mass is 9.94. The van der Waals surface area contributed by atoms with Crippen LogP contribution in [0.15, 0.2) is 102 Å². The summed E-state index contributed by atoms with van der Waals surface area (Å²) in [6.45, 7) is 1.94. The molecule has 0 saturated heterocycles. The molecule has 0 aliphatic heterocycles. The van der Waals surface area contributed by atoms with Gasteiger partial charge in [0.1, 0.15) is 0 Å². The van der Waals surface area contributed by atoms with E-state index in [0.717, 1.165) is 38.4 Å². The van der Waals surface area contributed by atoms with Gasteiger partial charge in [-0.3, -0.25) is 0 Å². The van der Waals surface area contributed by atoms with Crippen molar-refractivity contribution in [3.05, 3.63) is 114 Å². The maximum atomic E-state index is 13.4. The van der Waals surface area contributed by atoms with E-state index >= 15 is 0 Å². The molecule has 2 N–H and O–H groups in total. The normalized spacial score (nSPS) is 12.9. The summed E-state index contributed by atoms with van der Waals surface area (Å²) in [7, 11) is -3.75. The molecule has 0 fully saturated rings. The molecule has 1 unspecified atom stereocenters. The summed E-state index contributed by atoms with van der Waals surface area (Å²) in [5.41, 5.74) is 3.79. The number of benzene rings is 4. The van der Waals surface area contributed by atoms with Crippen molar-refractivity contribution in [2.45, 2.75) is 17.9 Å². The third kappa shape index (κ3) is 3.63. The lowest BCUT2D eigenvalue weighted by Gasteiger charge is -2.21. The SMILES string of the molecule is Cc1ccc(S(=O)(=O)NC(c2cccc3ccccc23)c2c[nH]c3ccccc23)cc1. The molecule has 0 saturated carbocycles. The largest absolute Gasteiger partial charge is 0.361 e. The number of H-pyrrole nitrogens is 1. The highest BCUT2D eigenvalue weighted by Crippen LogP contribution is 2.34. The molecule has 0 aliphatic rings. The molecule has 0 bridgehead atoms. The van der Waals surface area contributed by atoms with E-state index in [2.05, 4.69) is 9.71 Å². The Bertz CT molecular complexity index is 1480. The fraction of sp³-hybridized carbons (Fsp3) is 0.0769. The van der Waals surface area contributed by atoms with Crippen molar-refractivity contribution >= 4 is 31.7 Å². The Morgan fingerprint density at radius 1 is 0.742 bits per heavy atom. The Morgan fingerprint density at radius 2 is 1.42 bits per heavy atom. The van der Waals surface area contributed by atoms with Crippen molar-refractivity contribution in [1.82, 2.24) is 9.71 Å². The van der Waals surface area contributed by atoms with Gasteiger partial charge in [-0.05, 0) is 47.0 Å². The van der Waals surface area contributed by atoms with E-state index in [0.29, 0.717) is 0 Å². The molecule has 4 aromatic carbocycles. The molecule has 5 rings (SSSR count). The van der Waals surface area contributed by atoms with Gasteiger partial charge in [0.15, 0.2) is 0 Å². The number of para-hydroxylation sites is 1. The van der Waals surface area contributed by atoms with Crippen LogP contribution in [0.2, 0.25) is 0 Å². The predicted octanol–water partition coefficient (Wildman–Crippen LogP) is 5.70. The highest BCUT2D eigenvalue weighted by molar-refractivity contribution is 7.89. The minimum Gasteiger partial charge on any atom is -0.361 e. The lowest BCUT2D eigenvalue weighted by molar-refractivity contribution is 0.573. The van der Waals surface area contributed by atoms with Crippen molar-refractivity contribution in [3.63, 3.8) is 0 Å². The Labute approximate surface area is 181 Å². The van der Waals surface area contributed by atoms with Crippen LogP contribution in [0.3, 0.4) is 0 Å². The first-order valence-corrected chi connectivity index (χ1v) is 11.6. The number of aromatic nitrogens is 1. The first kappa shape index (κ1) is 19.5. The van der Waals surface area contributed by atoms with Crippen molar-refractivity contribution in [2.24, 2.45) is 0 Å². The first-order valence-electron chi connectivity index (χ1n) is 10.2. The molecule has 0 spiro atoms. The van der Waals surface area contributed by atoms with Crippen LogP contribution in [0, 0.1) is 6.92 Å². The van der Waals surface area contributed by atoms with Gasteiger partial charge in [-0.1, -0.05) is 78.4 Å². The van der Waals surface area contributed by atoms with Gasteiger partial charge in [0, 0.05) is 17.1 Å². The minimum atomic E-state index is -3.75. The van der Waals surface area contributed by atoms with Crippen LogP contribution in [-0.2, 0) is 10.0 Å². The summed E-state index contributed by atoms with van der Waals surface area (Å²) in [5, 5.41) is 3.08. The zero-order valence-corrected chi connectivity index (χ0v) is 17.9. The number of nitrogens with one attached hydrogen (secondary N) is 2. The summed E-state index contributed by atoms with van der Waals surface area (Å²) in [4.78, 5) is 3.54. The zero-order chi connectivity index (χ0) is 21.4. The fourth-order valence-electron chi connectivity index (χ4n) is 4.07. The van der Waals surface area contributed by atoms with E-state index in [1.807, 2.05) is 92.0 Å². The number of aryl methyl sites for hydroxylation is 1. The summed E-state index contributed by atoms with van der Waals surface area (Å²) in [5.74, 6) is 0. The van der Waals surface area contributed by atoms with Crippen molar-refractivity contribution < 1.29 is 8.42 Å². The Balaban J connectivity index is 1.71. The van der Waals surface area contributed by atoms with Gasteiger partial charge < -0.3 is 4.98 Å². The second-order valence-corrected chi connectivity index (χ2v) is 9.44. The van der Waals surface area contributed by atoms with Gasteiger partial charge in [0.25, 0.3) is 0 Å². The summed E-state index contributed by atoms with van der Waals surface area (Å²) in [6.07, 6.45) is 1.90. The molecular formula is C26H22N2O2S. The Hall–Kier alpha value is -3.41. The number of fused-ring (bicyclic) bond motifs is 2. The number of rotatable bonds is 5. The van der Waals surface area contributed by atoms with Gasteiger partial charge in [-0.15, -0.1) is 0 Å². The van der Waals surface area contributed by atoms with E-state index in [1.165, 1.54) is 0 Å². The maximum absolute atomic E-state index is 13.4. The van der Waals surface area contributed by atoms with E-state index in [9.17, 15) is 8.42 Å². The summed E-state index contributed by atoms with van der Waals surface area (Å²) in [6, 6.07) is 28.4. The Morgan fingerprint density at radius 3 is 2.23 bits per heavy atom. The second-order valence-electron chi connectivity index (χ2n) is 7.73. The molecule has 1 atom stereocenters. The van der Waals surface area contributed by atoms with E-state index in [4.69, 9.17) is 0 Å².